The standard InChI is InChI=1S/C28H36ClN2O3.C10H8O6S2/c1-31(2,17-18-33-21-22-13-15-25(29)16-14-22)20-26-19-30-27(34-26)28(32,23-9-5-3-6-10-23)24-11-7-4-8-12-24;11-17(12,13)9-5-1-3-7-8(9)4-2-6-10(7)18(14,15)16/h3,5-6,9-10,13-16,19,24,32H,4,7-8,11-12,17-18,20-21H2,1-2H3;1-6H,(H,11,12,13)(H,14,15,16)/q+1;/t28-;/m0./s1. The van der Waals surface area contributed by atoms with E-state index in [1.54, 1.807) is 6.20 Å². The van der Waals surface area contributed by atoms with E-state index >= 15 is 0 Å². The zero-order chi connectivity index (χ0) is 37.6. The lowest BCUT2D eigenvalue weighted by atomic mass is 9.73. The molecule has 0 unspecified atom stereocenters. The Morgan fingerprint density at radius 1 is 0.827 bits per heavy atom. The van der Waals surface area contributed by atoms with Crippen molar-refractivity contribution in [2.24, 2.45) is 5.92 Å². The summed E-state index contributed by atoms with van der Waals surface area (Å²) in [6, 6.07) is 25.1. The molecule has 1 heterocycles. The van der Waals surface area contributed by atoms with Gasteiger partial charge in [-0.2, -0.15) is 16.8 Å². The molecule has 52 heavy (non-hydrogen) atoms. The maximum absolute atomic E-state index is 12.0. The van der Waals surface area contributed by atoms with Gasteiger partial charge in [0.2, 0.25) is 5.89 Å². The highest BCUT2D eigenvalue weighted by molar-refractivity contribution is 7.86. The van der Waals surface area contributed by atoms with Crippen LogP contribution in [-0.2, 0) is 43.7 Å². The Morgan fingerprint density at radius 2 is 1.40 bits per heavy atom. The van der Waals surface area contributed by atoms with Crippen LogP contribution >= 0.6 is 11.6 Å². The van der Waals surface area contributed by atoms with Gasteiger partial charge in [0.25, 0.3) is 20.2 Å². The molecule has 4 aromatic carbocycles. The summed E-state index contributed by atoms with van der Waals surface area (Å²) < 4.78 is 75.5. The van der Waals surface area contributed by atoms with Crippen LogP contribution in [0.3, 0.4) is 0 Å². The monoisotopic (exact) mass is 771 g/mol. The van der Waals surface area contributed by atoms with Gasteiger partial charge in [0, 0.05) is 21.7 Å². The SMILES string of the molecule is C[N+](C)(CCOCc1ccc(Cl)cc1)Cc1cnc([C@](O)(c2ccccc2)C2CCCCC2)o1.O=S(=O)(O)c1cccc2c(S(=O)(=O)O)cccc12. The fraction of sp³-hybridized carbons (Fsp3) is 0.342. The maximum atomic E-state index is 12.0. The highest BCUT2D eigenvalue weighted by atomic mass is 35.5. The first kappa shape index (κ1) is 39.5. The molecule has 0 radical (unpaired) electrons. The van der Waals surface area contributed by atoms with E-state index in [2.05, 4.69) is 19.1 Å². The van der Waals surface area contributed by atoms with E-state index in [0.717, 1.165) is 66.3 Å². The summed E-state index contributed by atoms with van der Waals surface area (Å²) in [5, 5.41) is 12.8. The van der Waals surface area contributed by atoms with Crippen LogP contribution in [0.25, 0.3) is 10.8 Å². The van der Waals surface area contributed by atoms with Crippen molar-refractivity contribution in [3.8, 4) is 0 Å². The number of aliphatic hydroxyl groups is 1. The molecule has 0 spiro atoms. The van der Waals surface area contributed by atoms with Crippen LogP contribution < -0.4 is 0 Å². The molecule has 1 fully saturated rings. The molecule has 0 bridgehead atoms. The Hall–Kier alpha value is -3.66. The number of ether oxygens (including phenoxy) is 1. The Morgan fingerprint density at radius 3 is 1.96 bits per heavy atom. The third kappa shape index (κ3) is 9.85. The van der Waals surface area contributed by atoms with Gasteiger partial charge in [0.1, 0.15) is 22.9 Å². The molecule has 5 aromatic rings. The average Bonchev–Trinajstić information content (AvgIpc) is 3.58. The van der Waals surface area contributed by atoms with Crippen LogP contribution in [0.5, 0.6) is 0 Å². The third-order valence-electron chi connectivity index (χ3n) is 9.29. The first-order valence-corrected chi connectivity index (χ1v) is 20.2. The number of fused-ring (bicyclic) bond motifs is 1. The first-order chi connectivity index (χ1) is 24.6. The molecule has 11 nitrogen and oxygen atoms in total. The molecule has 1 atom stereocenters. The number of hydrogen-bond acceptors (Lipinski definition) is 8. The molecular weight excluding hydrogens is 728 g/mol. The number of benzene rings is 4. The fourth-order valence-corrected chi connectivity index (χ4v) is 8.13. The second-order valence-corrected chi connectivity index (χ2v) is 16.9. The average molecular weight is 772 g/mol. The number of quaternary nitrogens is 1. The molecule has 0 aliphatic heterocycles. The molecule has 278 valence electrons. The van der Waals surface area contributed by atoms with E-state index in [-0.39, 0.29) is 16.7 Å². The van der Waals surface area contributed by atoms with Gasteiger partial charge in [-0.15, -0.1) is 0 Å². The quantitative estimate of drug-likeness (QED) is 0.0668. The number of rotatable bonds is 12. The topological polar surface area (TPSA) is 164 Å². The van der Waals surface area contributed by atoms with Gasteiger partial charge in [0.05, 0.1) is 33.5 Å². The molecule has 0 saturated heterocycles. The van der Waals surface area contributed by atoms with Gasteiger partial charge < -0.3 is 18.7 Å². The molecule has 1 aliphatic rings. The van der Waals surface area contributed by atoms with Crippen LogP contribution in [0.4, 0.5) is 0 Å². The van der Waals surface area contributed by atoms with Gasteiger partial charge in [-0.1, -0.05) is 97.6 Å². The van der Waals surface area contributed by atoms with E-state index in [1.165, 1.54) is 30.7 Å². The lowest BCUT2D eigenvalue weighted by Gasteiger charge is -2.36. The van der Waals surface area contributed by atoms with Crippen LogP contribution in [0, 0.1) is 5.92 Å². The van der Waals surface area contributed by atoms with Gasteiger partial charge in [-0.3, -0.25) is 9.11 Å². The Bertz CT molecular complexity index is 2100. The number of aromatic nitrogens is 1. The van der Waals surface area contributed by atoms with E-state index in [4.69, 9.17) is 29.9 Å². The molecule has 0 amide bonds. The van der Waals surface area contributed by atoms with E-state index in [0.29, 0.717) is 30.1 Å². The number of hydrogen-bond donors (Lipinski definition) is 3. The lowest BCUT2D eigenvalue weighted by molar-refractivity contribution is -0.905. The van der Waals surface area contributed by atoms with Crippen molar-refractivity contribution in [3.05, 3.63) is 125 Å². The summed E-state index contributed by atoms with van der Waals surface area (Å²) >= 11 is 5.95. The second-order valence-electron chi connectivity index (χ2n) is 13.7. The highest BCUT2D eigenvalue weighted by Crippen LogP contribution is 2.43. The molecule has 3 N–H and O–H groups in total. The molecule has 6 rings (SSSR count). The fourth-order valence-electron chi connectivity index (χ4n) is 6.59. The number of nitrogens with zero attached hydrogens (tertiary/aromatic N) is 2. The van der Waals surface area contributed by atoms with Gasteiger partial charge in [0.15, 0.2) is 11.4 Å². The van der Waals surface area contributed by atoms with Crippen molar-refractivity contribution in [3.63, 3.8) is 0 Å². The van der Waals surface area contributed by atoms with Crippen LogP contribution in [0.2, 0.25) is 5.02 Å². The van der Waals surface area contributed by atoms with Gasteiger partial charge in [-0.05, 0) is 48.2 Å². The van der Waals surface area contributed by atoms with Crippen molar-refractivity contribution in [2.45, 2.75) is 60.6 Å². The van der Waals surface area contributed by atoms with E-state index < -0.39 is 35.6 Å². The lowest BCUT2D eigenvalue weighted by Crippen LogP contribution is -2.41. The summed E-state index contributed by atoms with van der Waals surface area (Å²) in [7, 11) is -4.63. The van der Waals surface area contributed by atoms with Crippen molar-refractivity contribution < 1.29 is 44.7 Å². The smallest absolute Gasteiger partial charge is 0.295 e. The minimum Gasteiger partial charge on any atom is -0.436 e. The summed E-state index contributed by atoms with van der Waals surface area (Å²) in [6.45, 7) is 2.70. The Balaban J connectivity index is 0.000000244. The van der Waals surface area contributed by atoms with Crippen molar-refractivity contribution >= 4 is 42.6 Å². The third-order valence-corrected chi connectivity index (χ3v) is 11.4. The van der Waals surface area contributed by atoms with Crippen molar-refractivity contribution in [2.75, 3.05) is 27.2 Å². The Labute approximate surface area is 309 Å². The summed E-state index contributed by atoms with van der Waals surface area (Å²) in [6.07, 6.45) is 7.23. The van der Waals surface area contributed by atoms with Crippen molar-refractivity contribution in [1.29, 1.82) is 0 Å². The predicted molar refractivity (Wildman–Crippen MR) is 198 cm³/mol. The summed E-state index contributed by atoms with van der Waals surface area (Å²) in [5.41, 5.74) is 0.774. The number of oxazole rings is 1. The summed E-state index contributed by atoms with van der Waals surface area (Å²) in [4.78, 5) is 3.78. The minimum atomic E-state index is -4.47. The second kappa shape index (κ2) is 16.6. The molecule has 1 saturated carbocycles. The van der Waals surface area contributed by atoms with Crippen LogP contribution in [0.1, 0.15) is 54.9 Å². The van der Waals surface area contributed by atoms with Gasteiger partial charge >= 0.3 is 0 Å². The molecule has 14 heteroatoms. The van der Waals surface area contributed by atoms with Crippen molar-refractivity contribution in [1.82, 2.24) is 4.98 Å². The Kier molecular flexibility index (Phi) is 12.6. The maximum Gasteiger partial charge on any atom is 0.295 e. The zero-order valence-corrected chi connectivity index (χ0v) is 31.4. The zero-order valence-electron chi connectivity index (χ0n) is 29.1. The summed E-state index contributed by atoms with van der Waals surface area (Å²) in [5.74, 6) is 1.31. The molecular formula is C38H44ClN2O9S2+. The van der Waals surface area contributed by atoms with E-state index in [9.17, 15) is 21.9 Å². The normalized spacial score (nSPS) is 15.5. The molecule has 1 aromatic heterocycles. The highest BCUT2D eigenvalue weighted by Gasteiger charge is 2.45. The number of halogens is 1. The van der Waals surface area contributed by atoms with E-state index in [1.807, 2.05) is 54.6 Å². The predicted octanol–water partition coefficient (Wildman–Crippen LogP) is 7.27. The molecule has 1 aliphatic carbocycles. The largest absolute Gasteiger partial charge is 0.436 e. The first-order valence-electron chi connectivity index (χ1n) is 16.9. The van der Waals surface area contributed by atoms with Crippen LogP contribution in [-0.4, -0.2) is 67.8 Å². The number of likely N-dealkylation sites (N-methyl/N-ethyl adjacent to an activating group) is 1. The minimum absolute atomic E-state index is 0.0233. The van der Waals surface area contributed by atoms with Crippen LogP contribution in [0.15, 0.2) is 111 Å². The van der Waals surface area contributed by atoms with Gasteiger partial charge in [-0.25, -0.2) is 4.98 Å².